The van der Waals surface area contributed by atoms with Crippen LogP contribution >= 0.6 is 11.6 Å². The summed E-state index contributed by atoms with van der Waals surface area (Å²) in [7, 11) is 0. The van der Waals surface area contributed by atoms with Gasteiger partial charge in [-0.2, -0.15) is 0 Å². The van der Waals surface area contributed by atoms with Crippen LogP contribution in [0.1, 0.15) is 30.4 Å². The van der Waals surface area contributed by atoms with Crippen LogP contribution in [0.3, 0.4) is 0 Å². The van der Waals surface area contributed by atoms with E-state index in [1.165, 1.54) is 0 Å². The minimum atomic E-state index is -0.930. The molecular weight excluding hydrogens is 226 g/mol. The van der Waals surface area contributed by atoms with Gasteiger partial charge in [-0.3, -0.25) is 0 Å². The summed E-state index contributed by atoms with van der Waals surface area (Å²) in [5, 5.41) is 10.6. The van der Waals surface area contributed by atoms with Crippen molar-refractivity contribution in [3.8, 4) is 0 Å². The normalized spacial score (nSPS) is 11.2. The zero-order valence-corrected chi connectivity index (χ0v) is 9.82. The number of aromatic nitrogens is 1. The van der Waals surface area contributed by atoms with Crippen molar-refractivity contribution < 1.29 is 9.90 Å². The van der Waals surface area contributed by atoms with Crippen molar-refractivity contribution >= 4 is 28.5 Å². The van der Waals surface area contributed by atoms with Crippen LogP contribution in [0.2, 0.25) is 5.02 Å². The molecule has 0 radical (unpaired) electrons. The smallest absolute Gasteiger partial charge is 0.352 e. The molecule has 0 amide bonds. The van der Waals surface area contributed by atoms with Gasteiger partial charge in [0.25, 0.3) is 0 Å². The van der Waals surface area contributed by atoms with Crippen LogP contribution in [-0.4, -0.2) is 15.6 Å². The summed E-state index contributed by atoms with van der Waals surface area (Å²) < 4.78 is 1.75. The highest BCUT2D eigenvalue weighted by atomic mass is 35.5. The number of rotatable bonds is 2. The minimum absolute atomic E-state index is 0.0588. The summed E-state index contributed by atoms with van der Waals surface area (Å²) in [5.41, 5.74) is 1.06. The van der Waals surface area contributed by atoms with E-state index in [4.69, 9.17) is 16.7 Å². The van der Waals surface area contributed by atoms with Gasteiger partial charge in [-0.25, -0.2) is 4.79 Å². The first-order valence-electron chi connectivity index (χ1n) is 5.05. The van der Waals surface area contributed by atoms with Gasteiger partial charge in [-0.1, -0.05) is 23.7 Å². The lowest BCUT2D eigenvalue weighted by Crippen LogP contribution is -2.10. The van der Waals surface area contributed by atoms with Crippen LogP contribution in [-0.2, 0) is 0 Å². The van der Waals surface area contributed by atoms with E-state index in [-0.39, 0.29) is 11.7 Å². The zero-order valence-electron chi connectivity index (χ0n) is 9.07. The number of para-hydroxylation sites is 1. The van der Waals surface area contributed by atoms with E-state index in [2.05, 4.69) is 0 Å². The topological polar surface area (TPSA) is 42.2 Å². The number of carboxylic acids is 1. The Morgan fingerprint density at radius 2 is 2.12 bits per heavy atom. The molecule has 0 saturated heterocycles. The fraction of sp³-hybridized carbons (Fsp3) is 0.250. The van der Waals surface area contributed by atoms with E-state index in [1.54, 1.807) is 16.7 Å². The molecule has 4 heteroatoms. The van der Waals surface area contributed by atoms with Crippen molar-refractivity contribution in [1.29, 1.82) is 0 Å². The number of benzene rings is 1. The summed E-state index contributed by atoms with van der Waals surface area (Å²) in [6.07, 6.45) is 0. The van der Waals surface area contributed by atoms with E-state index < -0.39 is 5.97 Å². The Bertz CT molecular complexity index is 557. The van der Waals surface area contributed by atoms with Gasteiger partial charge in [-0.15, -0.1) is 0 Å². The first-order chi connectivity index (χ1) is 7.52. The molecule has 0 bridgehead atoms. The van der Waals surface area contributed by atoms with Gasteiger partial charge in [0.2, 0.25) is 0 Å². The van der Waals surface area contributed by atoms with Crippen LogP contribution < -0.4 is 0 Å². The average molecular weight is 238 g/mol. The van der Waals surface area contributed by atoms with Crippen molar-refractivity contribution in [2.24, 2.45) is 0 Å². The predicted molar refractivity (Wildman–Crippen MR) is 64.3 cm³/mol. The Hall–Kier alpha value is -1.48. The van der Waals surface area contributed by atoms with Crippen molar-refractivity contribution in [1.82, 2.24) is 4.57 Å². The Kier molecular flexibility index (Phi) is 2.64. The molecule has 1 aromatic heterocycles. The van der Waals surface area contributed by atoms with E-state index in [9.17, 15) is 4.79 Å². The average Bonchev–Trinajstić information content (AvgIpc) is 2.58. The molecule has 0 unspecified atom stereocenters. The predicted octanol–water partition coefficient (Wildman–Crippen LogP) is 3.57. The number of nitrogens with zero attached hydrogens (tertiary/aromatic N) is 1. The summed E-state index contributed by atoms with van der Waals surface area (Å²) >= 11 is 6.11. The van der Waals surface area contributed by atoms with Crippen LogP contribution in [0.25, 0.3) is 10.9 Å². The van der Waals surface area contributed by atoms with Gasteiger partial charge in [0.1, 0.15) is 5.69 Å². The molecule has 2 rings (SSSR count). The second-order valence-corrected chi connectivity index (χ2v) is 4.38. The number of halogens is 1. The van der Waals surface area contributed by atoms with Gasteiger partial charge in [0.15, 0.2) is 0 Å². The van der Waals surface area contributed by atoms with Crippen LogP contribution in [0, 0.1) is 0 Å². The number of carboxylic acid groups (broad SMARTS) is 1. The molecule has 3 nitrogen and oxygen atoms in total. The first-order valence-corrected chi connectivity index (χ1v) is 5.43. The molecule has 0 atom stereocenters. The third kappa shape index (κ3) is 1.57. The Morgan fingerprint density at radius 3 is 2.69 bits per heavy atom. The van der Waals surface area contributed by atoms with Crippen molar-refractivity contribution in [3.63, 3.8) is 0 Å². The van der Waals surface area contributed by atoms with Crippen molar-refractivity contribution in [2.45, 2.75) is 19.9 Å². The lowest BCUT2D eigenvalue weighted by Gasteiger charge is -2.12. The molecule has 0 fully saturated rings. The zero-order chi connectivity index (χ0) is 11.9. The molecule has 1 N–H and O–H groups in total. The molecule has 0 saturated carbocycles. The molecule has 84 valence electrons. The molecule has 0 aliphatic heterocycles. The van der Waals surface area contributed by atoms with Gasteiger partial charge in [0.05, 0.1) is 10.5 Å². The second-order valence-electron chi connectivity index (χ2n) is 3.98. The quantitative estimate of drug-likeness (QED) is 0.868. The first kappa shape index (κ1) is 11.0. The Labute approximate surface area is 98.3 Å². The molecule has 1 aromatic carbocycles. The summed E-state index contributed by atoms with van der Waals surface area (Å²) in [6.45, 7) is 3.88. The molecule has 0 spiro atoms. The Balaban J connectivity index is 2.88. The second kappa shape index (κ2) is 3.83. The maximum Gasteiger partial charge on any atom is 0.352 e. The minimum Gasteiger partial charge on any atom is -0.477 e. The molecule has 2 aromatic rings. The van der Waals surface area contributed by atoms with Crippen molar-refractivity contribution in [3.05, 3.63) is 35.0 Å². The monoisotopic (exact) mass is 237 g/mol. The number of hydrogen-bond donors (Lipinski definition) is 1. The maximum atomic E-state index is 11.1. The highest BCUT2D eigenvalue weighted by Gasteiger charge is 2.17. The summed E-state index contributed by atoms with van der Waals surface area (Å²) in [5.74, 6) is -0.930. The van der Waals surface area contributed by atoms with E-state index in [0.29, 0.717) is 5.02 Å². The lowest BCUT2D eigenvalue weighted by atomic mass is 10.2. The Morgan fingerprint density at radius 1 is 1.44 bits per heavy atom. The highest BCUT2D eigenvalue weighted by molar-refractivity contribution is 6.35. The summed E-state index contributed by atoms with van der Waals surface area (Å²) in [6, 6.07) is 7.18. The van der Waals surface area contributed by atoms with Gasteiger partial charge >= 0.3 is 5.97 Å². The lowest BCUT2D eigenvalue weighted by molar-refractivity contribution is 0.0684. The van der Waals surface area contributed by atoms with Gasteiger partial charge < -0.3 is 9.67 Å². The largest absolute Gasteiger partial charge is 0.477 e. The SMILES string of the molecule is CC(C)n1c(C(=O)O)cc2cccc(Cl)c21. The fourth-order valence-electron chi connectivity index (χ4n) is 1.94. The molecule has 0 aliphatic rings. The number of hydrogen-bond acceptors (Lipinski definition) is 1. The van der Waals surface area contributed by atoms with Crippen molar-refractivity contribution in [2.75, 3.05) is 0 Å². The maximum absolute atomic E-state index is 11.1. The van der Waals surface area contributed by atoms with Crippen LogP contribution in [0.4, 0.5) is 0 Å². The van der Waals surface area contributed by atoms with Gasteiger partial charge in [0, 0.05) is 11.4 Å². The highest BCUT2D eigenvalue weighted by Crippen LogP contribution is 2.29. The van der Waals surface area contributed by atoms with E-state index in [0.717, 1.165) is 10.9 Å². The molecule has 16 heavy (non-hydrogen) atoms. The standard InChI is InChI=1S/C12H12ClNO2/c1-7(2)14-10(12(15)16)6-8-4-3-5-9(13)11(8)14/h3-7H,1-2H3,(H,15,16). The number of aromatic carboxylic acids is 1. The van der Waals surface area contributed by atoms with Gasteiger partial charge in [-0.05, 0) is 26.0 Å². The molecular formula is C12H12ClNO2. The molecule has 0 aliphatic carbocycles. The van der Waals surface area contributed by atoms with Crippen LogP contribution in [0.5, 0.6) is 0 Å². The third-order valence-electron chi connectivity index (χ3n) is 2.55. The third-order valence-corrected chi connectivity index (χ3v) is 2.85. The number of carbonyl (C=O) groups is 1. The molecule has 1 heterocycles. The summed E-state index contributed by atoms with van der Waals surface area (Å²) in [4.78, 5) is 11.1. The number of fused-ring (bicyclic) bond motifs is 1. The fourth-order valence-corrected chi connectivity index (χ4v) is 2.21. The van der Waals surface area contributed by atoms with Crippen LogP contribution in [0.15, 0.2) is 24.3 Å². The van der Waals surface area contributed by atoms with E-state index in [1.807, 2.05) is 26.0 Å². The van der Waals surface area contributed by atoms with E-state index >= 15 is 0 Å².